The molecule has 33 nitrogen and oxygen atoms in total. The molecule has 92 heavy (non-hydrogen) atoms. The Labute approximate surface area is 537 Å². The molecule has 0 heterocycles. The van der Waals surface area contributed by atoms with Crippen molar-refractivity contribution < 1.29 is 132 Å². The van der Waals surface area contributed by atoms with Gasteiger partial charge in [0.15, 0.2) is 0 Å². The van der Waals surface area contributed by atoms with Crippen LogP contribution in [0, 0.1) is 31.8 Å². The number of allylic oxidation sites excluding steroid dienone is 6. The molecule has 4 amide bonds. The third-order valence-corrected chi connectivity index (χ3v) is 13.4. The molecule has 12 N–H and O–H groups in total. The number of amides is 4. The SMILES string of the molecule is O=C(O)CN(CCN(CC(=O)O)CC(=O)O)CCN(CC(=O)O)CC(=O)NNC(=O)C1=C(C(C2=c3ccccc3=CC2C(=O)NNC(=O)CN(CCN(CCN(CC(=O)O)CC(=O)O)CC(=O)O)CC(=O)O)c2ccccc2)C2C=CC=CC2=C1.[99Tc].[C-]#[O+].[C-]#[O+].[C-]#[O+]. The monoisotopic (exact) mass is 1370 g/mol. The second kappa shape index (κ2) is 42.4. The number of hydrogen-bond acceptors (Lipinski definition) is 18. The van der Waals surface area contributed by atoms with Crippen molar-refractivity contribution in [2.45, 2.75) is 5.92 Å². The summed E-state index contributed by atoms with van der Waals surface area (Å²) < 4.78 is 22.5. The van der Waals surface area contributed by atoms with Crippen molar-refractivity contribution in [3.05, 3.63) is 138 Å². The molecule has 3 atom stereocenters. The van der Waals surface area contributed by atoms with Crippen LogP contribution in [0.1, 0.15) is 11.5 Å². The number of aliphatic carboxylic acids is 8. The molecule has 0 saturated heterocycles. The summed E-state index contributed by atoms with van der Waals surface area (Å²) in [6.45, 7) is 5.67. The van der Waals surface area contributed by atoms with Gasteiger partial charge in [0.05, 0.1) is 71.4 Å². The van der Waals surface area contributed by atoms with Gasteiger partial charge in [0, 0.05) is 89.9 Å². The van der Waals surface area contributed by atoms with E-state index in [-0.39, 0.29) is 78.0 Å². The van der Waals surface area contributed by atoms with Crippen molar-refractivity contribution >= 4 is 83.0 Å². The fraction of sp³-hybridized carbons (Fsp3) is 0.362. The van der Waals surface area contributed by atoms with Crippen LogP contribution in [0.2, 0.25) is 0 Å². The van der Waals surface area contributed by atoms with Crippen LogP contribution >= 0.6 is 0 Å². The van der Waals surface area contributed by atoms with Gasteiger partial charge in [0.1, 0.15) is 0 Å². The van der Waals surface area contributed by atoms with Crippen molar-refractivity contribution in [3.8, 4) is 0 Å². The summed E-state index contributed by atoms with van der Waals surface area (Å²) in [6.07, 6.45) is 10.5. The molecule has 0 aliphatic heterocycles. The zero-order valence-corrected chi connectivity index (χ0v) is 50.7. The molecular formula is C58H66N10O23Tc. The number of nitrogens with one attached hydrogen (secondary N) is 4. The van der Waals surface area contributed by atoms with Crippen molar-refractivity contribution in [1.82, 2.24) is 51.1 Å². The molecule has 1 radical (unpaired) electrons. The fourth-order valence-corrected chi connectivity index (χ4v) is 9.94. The predicted molar refractivity (Wildman–Crippen MR) is 307 cm³/mol. The van der Waals surface area contributed by atoms with E-state index < -0.39 is 155 Å². The number of rotatable bonds is 37. The number of hydrazine groups is 2. The van der Waals surface area contributed by atoms with E-state index in [1.165, 1.54) is 9.80 Å². The van der Waals surface area contributed by atoms with Crippen LogP contribution in [-0.4, -0.2) is 259 Å². The van der Waals surface area contributed by atoms with Crippen LogP contribution in [0.5, 0.6) is 0 Å². The summed E-state index contributed by atoms with van der Waals surface area (Å²) in [5.74, 6) is -16.5. The summed E-state index contributed by atoms with van der Waals surface area (Å²) in [4.78, 5) is 156. The van der Waals surface area contributed by atoms with Gasteiger partial charge in [-0.05, 0) is 38.8 Å². The Morgan fingerprint density at radius 2 is 0.793 bits per heavy atom. The number of nitrogens with zero attached hydrogens (tertiary/aromatic N) is 6. The molecule has 0 spiro atoms. The number of hydrogen-bond donors (Lipinski definition) is 12. The van der Waals surface area contributed by atoms with E-state index in [9.17, 15) is 98.4 Å². The van der Waals surface area contributed by atoms with E-state index >= 15 is 0 Å². The summed E-state index contributed by atoms with van der Waals surface area (Å²) in [6, 6.07) is 15.9. The average molecular weight is 1370 g/mol. The third kappa shape index (κ3) is 28.1. The first-order chi connectivity index (χ1) is 43.4. The van der Waals surface area contributed by atoms with Gasteiger partial charge in [0.2, 0.25) is 5.91 Å². The minimum atomic E-state index is -1.35. The molecule has 34 heteroatoms. The maximum atomic E-state index is 14.6. The topological polar surface area (TPSA) is 494 Å². The molecule has 0 bridgehead atoms. The molecule has 493 valence electrons. The van der Waals surface area contributed by atoms with Gasteiger partial charge < -0.3 is 40.9 Å². The molecule has 2 aromatic rings. The van der Waals surface area contributed by atoms with Crippen LogP contribution in [0.15, 0.2) is 102 Å². The Kier molecular flexibility index (Phi) is 37.1. The summed E-state index contributed by atoms with van der Waals surface area (Å²) in [5.41, 5.74) is 11.9. The van der Waals surface area contributed by atoms with Gasteiger partial charge in [-0.3, -0.25) is 109 Å². The van der Waals surface area contributed by atoms with E-state index in [0.717, 1.165) is 19.6 Å². The van der Waals surface area contributed by atoms with Crippen molar-refractivity contribution in [3.63, 3.8) is 0 Å². The number of fused-ring (bicyclic) bond motifs is 2. The zero-order chi connectivity index (χ0) is 68.3. The molecule has 0 saturated carbocycles. The van der Waals surface area contributed by atoms with Crippen molar-refractivity contribution in [2.75, 3.05) is 118 Å². The summed E-state index contributed by atoms with van der Waals surface area (Å²) >= 11 is 0. The van der Waals surface area contributed by atoms with E-state index in [4.69, 9.17) is 14.0 Å². The first kappa shape index (κ1) is 80.4. The van der Waals surface area contributed by atoms with Crippen LogP contribution in [0.25, 0.3) is 11.6 Å². The Morgan fingerprint density at radius 3 is 1.21 bits per heavy atom. The molecule has 3 aliphatic carbocycles. The molecule has 0 fully saturated rings. The molecule has 5 rings (SSSR count). The van der Waals surface area contributed by atoms with E-state index in [2.05, 4.69) is 41.7 Å². The minimum absolute atomic E-state index is 0. The van der Waals surface area contributed by atoms with Gasteiger partial charge in [-0.1, -0.05) is 85.0 Å². The number of carboxylic acid groups (broad SMARTS) is 8. The zero-order valence-electron chi connectivity index (χ0n) is 48.9. The predicted octanol–water partition coefficient (Wildman–Crippen LogP) is -4.32. The Morgan fingerprint density at radius 1 is 0.435 bits per heavy atom. The first-order valence-corrected chi connectivity index (χ1v) is 26.9. The second-order valence-electron chi connectivity index (χ2n) is 19.9. The quantitative estimate of drug-likeness (QED) is 0.0173. The van der Waals surface area contributed by atoms with E-state index in [1.54, 1.807) is 85.0 Å². The molecule has 2 aromatic carbocycles. The van der Waals surface area contributed by atoms with Crippen LogP contribution in [0.3, 0.4) is 0 Å². The Hall–Kier alpha value is -9.59. The Balaban J connectivity index is 0.00000586. The van der Waals surface area contributed by atoms with Gasteiger partial charge in [0.25, 0.3) is 17.7 Å². The third-order valence-electron chi connectivity index (χ3n) is 13.4. The number of carbonyl (C=O) groups excluding carboxylic acids is 4. The van der Waals surface area contributed by atoms with Crippen molar-refractivity contribution in [1.29, 1.82) is 0 Å². The summed E-state index contributed by atoms with van der Waals surface area (Å²) in [7, 11) is 0. The van der Waals surface area contributed by atoms with Crippen LogP contribution in [0.4, 0.5) is 0 Å². The van der Waals surface area contributed by atoms with Gasteiger partial charge in [-0.25, -0.2) is 0 Å². The number of carboxylic acids is 8. The number of carbonyl (C=O) groups is 12. The first-order valence-electron chi connectivity index (χ1n) is 26.9. The second-order valence-corrected chi connectivity index (χ2v) is 19.9. The molecule has 3 aliphatic rings. The molecule has 3 unspecified atom stereocenters. The Bertz CT molecular complexity index is 3250. The fourth-order valence-electron chi connectivity index (χ4n) is 9.94. The summed E-state index contributed by atoms with van der Waals surface area (Å²) in [5, 5.41) is 76.7. The molecular weight excluding hydrogens is 1300 g/mol. The van der Waals surface area contributed by atoms with Crippen molar-refractivity contribution in [2.24, 2.45) is 11.8 Å². The number of benzene rings is 2. The van der Waals surface area contributed by atoms with Gasteiger partial charge in [-0.2, -0.15) is 0 Å². The van der Waals surface area contributed by atoms with Crippen LogP contribution in [-0.2, 0) is 91.6 Å². The maximum absolute atomic E-state index is 14.6. The van der Waals surface area contributed by atoms with Crippen LogP contribution < -0.4 is 32.1 Å². The molecule has 0 aromatic heterocycles. The average Bonchev–Trinajstić information content (AvgIpc) is 1.57. The van der Waals surface area contributed by atoms with Gasteiger partial charge >= 0.3 is 81.7 Å². The van der Waals surface area contributed by atoms with E-state index in [1.807, 2.05) is 6.08 Å². The normalized spacial score (nSPS) is 14.2. The van der Waals surface area contributed by atoms with E-state index in [0.29, 0.717) is 32.7 Å². The standard InChI is InChI=1S/C55H66N10O20.3CO.Tc/c66-41(24-62(28-45(72)73)18-14-60(26-43(68)69)16-20-64(30-47(76)77)31-48(78)79)56-58-54(84)39-22-35-10-4-6-12-37(35)52(39)51(34-8-2-1-3-9-34)53-38-13-7-5-11-36(38)23-40(53)55(85)59-57-42(67)25-63(29-46(74)75)19-15-61(27-44(70)71)17-21-65(32-49(80)81)33-50(82)83;3*1-2;/h1-13,22-23,37,40,51H,14-21,24-33H2,(H,56,66)(H,57,67)(H,58,84)(H,59,85)(H,68,69)(H,70,71)(H,72,73)(H,74,75)(H,76,77)(H,78,79)(H,80,81)(H,82,83);;;;/i;;;;1+1. The van der Waals surface area contributed by atoms with Gasteiger partial charge in [-0.15, -0.1) is 0 Å².